The average molecular weight is 845 g/mol. The molecule has 65 heavy (non-hydrogen) atoms. The molecule has 318 valence electrons. The number of benzene rings is 7. The van der Waals surface area contributed by atoms with Gasteiger partial charge < -0.3 is 18.6 Å². The van der Waals surface area contributed by atoms with Crippen LogP contribution in [0.25, 0.3) is 44.9 Å². The number of aryl methyl sites for hydroxylation is 2. The second kappa shape index (κ2) is 15.2. The lowest BCUT2D eigenvalue weighted by molar-refractivity contribution is 0.548. The van der Waals surface area contributed by atoms with Crippen LogP contribution < -0.4 is 26.2 Å². The Morgan fingerprint density at radius 2 is 0.785 bits per heavy atom. The van der Waals surface area contributed by atoms with Crippen molar-refractivity contribution in [2.24, 2.45) is 0 Å². The Bertz CT molecular complexity index is 3230. The molecule has 0 radical (unpaired) electrons. The van der Waals surface area contributed by atoms with Crippen molar-refractivity contribution in [3.8, 4) is 44.9 Å². The van der Waals surface area contributed by atoms with Gasteiger partial charge in [0.05, 0.1) is 0 Å². The Balaban J connectivity index is 1.16. The van der Waals surface area contributed by atoms with E-state index in [4.69, 9.17) is 8.83 Å². The summed E-state index contributed by atoms with van der Waals surface area (Å²) in [7, 11) is 0. The lowest BCUT2D eigenvalue weighted by Gasteiger charge is -2.44. The zero-order valence-corrected chi connectivity index (χ0v) is 38.5. The van der Waals surface area contributed by atoms with Crippen LogP contribution in [0.3, 0.4) is 0 Å². The Labute approximate surface area is 383 Å². The number of furan rings is 2. The molecule has 2 aromatic heterocycles. The van der Waals surface area contributed by atoms with Gasteiger partial charge in [-0.25, -0.2) is 0 Å². The second-order valence-corrected chi connectivity index (χ2v) is 19.9. The van der Waals surface area contributed by atoms with Crippen LogP contribution in [0.5, 0.6) is 0 Å². The van der Waals surface area contributed by atoms with Crippen LogP contribution in [-0.2, 0) is 10.8 Å². The summed E-state index contributed by atoms with van der Waals surface area (Å²) in [6.07, 6.45) is 0. The van der Waals surface area contributed by atoms with E-state index in [9.17, 15) is 0 Å². The molecule has 0 amide bonds. The maximum atomic E-state index is 6.05. The maximum Gasteiger partial charge on any atom is 0.252 e. The SMILES string of the molecule is Cc1ccc(-c2ccc(-c3ccc4c(c3)N(c3ccc(C(C)(C)C)cc3)c3cc(-c5ccc(-c6ccc(C)o6)cc5)cc5c3B4c3ccccc3N5c3ccc(C(C)(C)C)cc3)cc2)o1. The van der Waals surface area contributed by atoms with Gasteiger partial charge in [-0.15, -0.1) is 0 Å². The first-order valence-corrected chi connectivity index (χ1v) is 22.9. The van der Waals surface area contributed by atoms with Gasteiger partial charge in [-0.2, -0.15) is 0 Å². The van der Waals surface area contributed by atoms with Crippen molar-refractivity contribution >= 4 is 57.2 Å². The normalized spacial score (nSPS) is 13.1. The molecule has 0 N–H and O–H groups in total. The van der Waals surface area contributed by atoms with Gasteiger partial charge in [0.1, 0.15) is 23.0 Å². The summed E-state index contributed by atoms with van der Waals surface area (Å²) in [5.74, 6) is 3.58. The first-order valence-electron chi connectivity index (χ1n) is 22.9. The molecule has 0 fully saturated rings. The third-order valence-corrected chi connectivity index (χ3v) is 13.4. The van der Waals surface area contributed by atoms with Gasteiger partial charge in [-0.1, -0.05) is 145 Å². The van der Waals surface area contributed by atoms with E-state index in [0.29, 0.717) is 0 Å². The smallest absolute Gasteiger partial charge is 0.252 e. The van der Waals surface area contributed by atoms with Gasteiger partial charge >= 0.3 is 0 Å². The van der Waals surface area contributed by atoms with Crippen molar-refractivity contribution in [2.45, 2.75) is 66.2 Å². The third-order valence-electron chi connectivity index (χ3n) is 13.4. The molecule has 5 heteroatoms. The quantitative estimate of drug-likeness (QED) is 0.156. The molecule has 7 aromatic carbocycles. The highest BCUT2D eigenvalue weighted by Crippen LogP contribution is 2.47. The predicted molar refractivity (Wildman–Crippen MR) is 274 cm³/mol. The molecule has 4 heterocycles. The topological polar surface area (TPSA) is 32.8 Å². The van der Waals surface area contributed by atoms with Crippen molar-refractivity contribution in [1.82, 2.24) is 0 Å². The number of hydrogen-bond acceptors (Lipinski definition) is 4. The van der Waals surface area contributed by atoms with Crippen molar-refractivity contribution < 1.29 is 8.83 Å². The van der Waals surface area contributed by atoms with E-state index in [-0.39, 0.29) is 17.5 Å². The van der Waals surface area contributed by atoms with Crippen LogP contribution >= 0.6 is 0 Å². The molecule has 0 saturated carbocycles. The maximum absolute atomic E-state index is 6.05. The minimum atomic E-state index is -0.00127. The third kappa shape index (κ3) is 7.11. The van der Waals surface area contributed by atoms with Crippen LogP contribution in [-0.4, -0.2) is 6.71 Å². The Morgan fingerprint density at radius 1 is 0.369 bits per heavy atom. The highest BCUT2D eigenvalue weighted by molar-refractivity contribution is 7.00. The zero-order valence-electron chi connectivity index (χ0n) is 38.5. The summed E-state index contributed by atoms with van der Waals surface area (Å²) in [6, 6.07) is 65.2. The molecular formula is C60H53BN2O2. The second-order valence-electron chi connectivity index (χ2n) is 19.9. The van der Waals surface area contributed by atoms with Gasteiger partial charge in [0.25, 0.3) is 6.71 Å². The van der Waals surface area contributed by atoms with E-state index in [0.717, 1.165) is 67.8 Å². The number of nitrogens with zero attached hydrogens (tertiary/aromatic N) is 2. The molecule has 0 spiro atoms. The fourth-order valence-electron chi connectivity index (χ4n) is 9.90. The summed E-state index contributed by atoms with van der Waals surface area (Å²) < 4.78 is 12.0. The first-order chi connectivity index (χ1) is 31.3. The lowest BCUT2D eigenvalue weighted by Crippen LogP contribution is -2.61. The average Bonchev–Trinajstić information content (AvgIpc) is 3.96. The summed E-state index contributed by atoms with van der Waals surface area (Å²) in [5.41, 5.74) is 20.3. The molecule has 4 nitrogen and oxygen atoms in total. The van der Waals surface area contributed by atoms with Gasteiger partial charge in [-0.3, -0.25) is 0 Å². The van der Waals surface area contributed by atoms with Crippen molar-refractivity contribution in [3.05, 3.63) is 199 Å². The monoisotopic (exact) mass is 844 g/mol. The minimum absolute atomic E-state index is 0.00127. The number of rotatable bonds is 6. The highest BCUT2D eigenvalue weighted by Gasteiger charge is 2.43. The number of hydrogen-bond donors (Lipinski definition) is 0. The summed E-state index contributed by atoms with van der Waals surface area (Å²) >= 11 is 0. The van der Waals surface area contributed by atoms with E-state index in [1.807, 2.05) is 32.0 Å². The number of fused-ring (bicyclic) bond motifs is 4. The van der Waals surface area contributed by atoms with E-state index in [1.165, 1.54) is 50.3 Å². The first kappa shape index (κ1) is 40.5. The molecule has 2 aliphatic heterocycles. The molecule has 0 bridgehead atoms. The van der Waals surface area contributed by atoms with Crippen LogP contribution in [0.15, 0.2) is 185 Å². The van der Waals surface area contributed by atoms with Crippen LogP contribution in [0.2, 0.25) is 0 Å². The Hall–Kier alpha value is -7.24. The molecule has 0 unspecified atom stereocenters. The molecule has 11 rings (SSSR count). The predicted octanol–water partition coefficient (Wildman–Crippen LogP) is 14.8. The summed E-state index contributed by atoms with van der Waals surface area (Å²) in [6.45, 7) is 17.7. The Kier molecular flexibility index (Phi) is 9.48. The fraction of sp³-hybridized carbons (Fsp3) is 0.167. The van der Waals surface area contributed by atoms with Crippen molar-refractivity contribution in [1.29, 1.82) is 0 Å². The largest absolute Gasteiger partial charge is 0.461 e. The number of para-hydroxylation sites is 1. The van der Waals surface area contributed by atoms with E-state index in [1.54, 1.807) is 0 Å². The summed E-state index contributed by atoms with van der Waals surface area (Å²) in [4.78, 5) is 5.03. The molecule has 0 aliphatic carbocycles. The minimum Gasteiger partial charge on any atom is -0.461 e. The number of anilines is 6. The molecule has 2 aliphatic rings. The van der Waals surface area contributed by atoms with E-state index >= 15 is 0 Å². The summed E-state index contributed by atoms with van der Waals surface area (Å²) in [5, 5.41) is 0. The zero-order chi connectivity index (χ0) is 44.8. The molecule has 0 atom stereocenters. The standard InChI is InChI=1S/C60H53BN2O2/c1-38-13-33-56(64-38)42-19-15-40(16-20-42)44-23-32-51-53(35-44)63(49-30-26-47(27-31-49)60(6,7)8)55-37-45(41-17-21-43(22-18-41)57-34-14-39(2)65-57)36-54-58(55)61(51)50-11-9-10-12-52(50)62(54)48-28-24-46(25-29-48)59(3,4)5/h9-37H,1-8H3. The van der Waals surface area contributed by atoms with E-state index in [2.05, 4.69) is 209 Å². The molecule has 9 aromatic rings. The lowest BCUT2D eigenvalue weighted by atomic mass is 9.33. The molecular weight excluding hydrogens is 791 g/mol. The Morgan fingerprint density at radius 3 is 1.26 bits per heavy atom. The van der Waals surface area contributed by atoms with Gasteiger partial charge in [-0.05, 0) is 147 Å². The van der Waals surface area contributed by atoms with Crippen LogP contribution in [0.1, 0.15) is 64.2 Å². The van der Waals surface area contributed by atoms with Crippen LogP contribution in [0, 0.1) is 13.8 Å². The van der Waals surface area contributed by atoms with Crippen molar-refractivity contribution in [3.63, 3.8) is 0 Å². The van der Waals surface area contributed by atoms with Gasteiger partial charge in [0.2, 0.25) is 0 Å². The van der Waals surface area contributed by atoms with Crippen molar-refractivity contribution in [2.75, 3.05) is 9.80 Å². The van der Waals surface area contributed by atoms with Gasteiger partial charge in [0.15, 0.2) is 0 Å². The van der Waals surface area contributed by atoms with E-state index < -0.39 is 0 Å². The van der Waals surface area contributed by atoms with Gasteiger partial charge in [0, 0.05) is 45.3 Å². The highest BCUT2D eigenvalue weighted by atomic mass is 16.3. The van der Waals surface area contributed by atoms with Crippen LogP contribution in [0.4, 0.5) is 34.1 Å². The fourth-order valence-corrected chi connectivity index (χ4v) is 9.90. The molecule has 0 saturated heterocycles.